The molecule has 1 aliphatic rings. The first-order chi connectivity index (χ1) is 12.7. The van der Waals surface area contributed by atoms with Gasteiger partial charge in [-0.25, -0.2) is 5.43 Å². The molecule has 3 N–H and O–H groups in total. The maximum Gasteiger partial charge on any atom is 0.164 e. The molecule has 0 fully saturated rings. The number of fused-ring (bicyclic) bond motifs is 1. The van der Waals surface area contributed by atoms with Gasteiger partial charge in [0, 0.05) is 17.7 Å². The summed E-state index contributed by atoms with van der Waals surface area (Å²) in [7, 11) is 1.64. The fraction of sp³-hybridized carbons (Fsp3) is 0.250. The van der Waals surface area contributed by atoms with Gasteiger partial charge in [-0.2, -0.15) is 5.10 Å². The van der Waals surface area contributed by atoms with Gasteiger partial charge in [0.15, 0.2) is 6.23 Å². The summed E-state index contributed by atoms with van der Waals surface area (Å²) in [5, 5.41) is 20.1. The average Bonchev–Trinajstić information content (AvgIpc) is 3.26. The Balaban J connectivity index is 1.54. The Hall–Kier alpha value is -2.83. The molecule has 6 heteroatoms. The van der Waals surface area contributed by atoms with E-state index in [-0.39, 0.29) is 0 Å². The zero-order valence-corrected chi connectivity index (χ0v) is 14.9. The number of aromatic nitrogens is 2. The Kier molecular flexibility index (Phi) is 4.36. The van der Waals surface area contributed by atoms with Gasteiger partial charge in [-0.1, -0.05) is 18.2 Å². The van der Waals surface area contributed by atoms with Crippen molar-refractivity contribution in [1.29, 1.82) is 0 Å². The van der Waals surface area contributed by atoms with E-state index < -0.39 is 6.23 Å². The third-order valence-corrected chi connectivity index (χ3v) is 4.85. The highest BCUT2D eigenvalue weighted by atomic mass is 16.5. The van der Waals surface area contributed by atoms with Gasteiger partial charge >= 0.3 is 0 Å². The molecule has 0 saturated heterocycles. The fourth-order valence-corrected chi connectivity index (χ4v) is 3.39. The number of rotatable bonds is 5. The van der Waals surface area contributed by atoms with E-state index in [1.54, 1.807) is 7.11 Å². The Morgan fingerprint density at radius 2 is 1.96 bits per heavy atom. The largest absolute Gasteiger partial charge is 0.497 e. The number of methoxy groups -OCH3 is 1. The van der Waals surface area contributed by atoms with Crippen LogP contribution in [0.25, 0.3) is 11.3 Å². The highest BCUT2D eigenvalue weighted by Crippen LogP contribution is 2.29. The van der Waals surface area contributed by atoms with Crippen molar-refractivity contribution in [1.82, 2.24) is 15.6 Å². The third kappa shape index (κ3) is 2.94. The molecular formula is C20H22N4O2. The molecule has 1 unspecified atom stereocenters. The number of para-hydroxylation sites is 1. The number of anilines is 1. The van der Waals surface area contributed by atoms with Gasteiger partial charge in [-0.15, -0.1) is 0 Å². The van der Waals surface area contributed by atoms with Crippen molar-refractivity contribution in [3.8, 4) is 17.0 Å². The topological polar surface area (TPSA) is 73.4 Å². The fourth-order valence-electron chi connectivity index (χ4n) is 3.39. The lowest BCUT2D eigenvalue weighted by Crippen LogP contribution is -2.39. The number of nitrogens with one attached hydrogen (secondary N) is 2. The number of hydrogen-bond donors (Lipinski definition) is 3. The van der Waals surface area contributed by atoms with Crippen LogP contribution in [0.2, 0.25) is 0 Å². The van der Waals surface area contributed by atoms with Gasteiger partial charge < -0.3 is 14.9 Å². The summed E-state index contributed by atoms with van der Waals surface area (Å²) in [6.07, 6.45) is 0.107. The van der Waals surface area contributed by atoms with Crippen molar-refractivity contribution >= 4 is 5.69 Å². The average molecular weight is 350 g/mol. The smallest absolute Gasteiger partial charge is 0.164 e. The first kappa shape index (κ1) is 16.6. The number of nitrogens with zero attached hydrogens (tertiary/aromatic N) is 2. The highest BCUT2D eigenvalue weighted by Gasteiger charge is 2.23. The van der Waals surface area contributed by atoms with E-state index in [2.05, 4.69) is 27.8 Å². The van der Waals surface area contributed by atoms with Gasteiger partial charge in [0.2, 0.25) is 0 Å². The molecule has 0 spiro atoms. The zero-order valence-electron chi connectivity index (χ0n) is 14.9. The Bertz CT molecular complexity index is 904. The molecule has 0 saturated carbocycles. The predicted molar refractivity (Wildman–Crippen MR) is 101 cm³/mol. The minimum Gasteiger partial charge on any atom is -0.497 e. The number of aromatic amines is 1. The Morgan fingerprint density at radius 3 is 2.73 bits per heavy atom. The molecule has 2 heterocycles. The van der Waals surface area contributed by atoms with Crippen molar-refractivity contribution in [3.05, 3.63) is 65.4 Å². The van der Waals surface area contributed by atoms with Gasteiger partial charge in [0.05, 0.1) is 24.2 Å². The molecule has 1 aliphatic heterocycles. The Labute approximate surface area is 152 Å². The summed E-state index contributed by atoms with van der Waals surface area (Å²) < 4.78 is 5.20. The first-order valence-corrected chi connectivity index (χ1v) is 8.66. The van der Waals surface area contributed by atoms with E-state index in [0.717, 1.165) is 41.2 Å². The molecule has 26 heavy (non-hydrogen) atoms. The second-order valence-electron chi connectivity index (χ2n) is 6.40. The van der Waals surface area contributed by atoms with Crippen LogP contribution in [0, 0.1) is 6.92 Å². The van der Waals surface area contributed by atoms with E-state index in [4.69, 9.17) is 4.74 Å². The van der Waals surface area contributed by atoms with Crippen molar-refractivity contribution in [2.75, 3.05) is 18.7 Å². The SMILES string of the molecule is COc1ccc(-c2n[nH]c(C(O)NN3CCc4ccccc43)c2C)cc1. The van der Waals surface area contributed by atoms with E-state index >= 15 is 0 Å². The molecule has 4 rings (SSSR count). The van der Waals surface area contributed by atoms with Crippen LogP contribution in [0.1, 0.15) is 23.0 Å². The maximum absolute atomic E-state index is 10.7. The summed E-state index contributed by atoms with van der Waals surface area (Å²) in [6, 6.07) is 16.0. The molecule has 0 bridgehead atoms. The van der Waals surface area contributed by atoms with Crippen LogP contribution in [0.3, 0.4) is 0 Å². The monoisotopic (exact) mass is 350 g/mol. The maximum atomic E-state index is 10.7. The first-order valence-electron chi connectivity index (χ1n) is 8.66. The summed E-state index contributed by atoms with van der Waals surface area (Å²) in [4.78, 5) is 0. The summed E-state index contributed by atoms with van der Waals surface area (Å²) in [5.74, 6) is 0.802. The number of H-pyrrole nitrogens is 1. The molecule has 0 radical (unpaired) electrons. The zero-order chi connectivity index (χ0) is 18.1. The highest BCUT2D eigenvalue weighted by molar-refractivity contribution is 5.64. The minimum absolute atomic E-state index is 0.667. The predicted octanol–water partition coefficient (Wildman–Crippen LogP) is 2.95. The number of ether oxygens (including phenoxy) is 1. The molecule has 1 atom stereocenters. The van der Waals surface area contributed by atoms with Crippen molar-refractivity contribution in [3.63, 3.8) is 0 Å². The minimum atomic E-state index is -0.861. The quantitative estimate of drug-likeness (QED) is 0.617. The van der Waals surface area contributed by atoms with E-state index in [0.29, 0.717) is 5.69 Å². The second kappa shape index (κ2) is 6.82. The molecule has 2 aromatic carbocycles. The summed E-state index contributed by atoms with van der Waals surface area (Å²) in [5.41, 5.74) is 8.95. The lowest BCUT2D eigenvalue weighted by molar-refractivity contribution is 0.130. The van der Waals surface area contributed by atoms with Crippen LogP contribution in [0.4, 0.5) is 5.69 Å². The summed E-state index contributed by atoms with van der Waals surface area (Å²) in [6.45, 7) is 2.79. The number of hydrogen-bond acceptors (Lipinski definition) is 5. The van der Waals surface area contributed by atoms with Crippen LogP contribution in [0.15, 0.2) is 48.5 Å². The van der Waals surface area contributed by atoms with Crippen molar-refractivity contribution in [2.24, 2.45) is 0 Å². The number of benzene rings is 2. The van der Waals surface area contributed by atoms with Gasteiger partial charge in [0.25, 0.3) is 0 Å². The van der Waals surface area contributed by atoms with Crippen LogP contribution in [0.5, 0.6) is 5.75 Å². The van der Waals surface area contributed by atoms with E-state index in [1.807, 2.05) is 48.3 Å². The number of hydrazine groups is 1. The molecule has 3 aromatic rings. The van der Waals surface area contributed by atoms with E-state index in [9.17, 15) is 5.11 Å². The van der Waals surface area contributed by atoms with Crippen molar-refractivity contribution < 1.29 is 9.84 Å². The van der Waals surface area contributed by atoms with Crippen LogP contribution in [-0.2, 0) is 6.42 Å². The van der Waals surface area contributed by atoms with Crippen LogP contribution in [-0.4, -0.2) is 29.0 Å². The second-order valence-corrected chi connectivity index (χ2v) is 6.40. The van der Waals surface area contributed by atoms with Crippen LogP contribution < -0.4 is 15.2 Å². The standard InChI is InChI=1S/C20H22N4O2/c1-13-18(15-7-9-16(26-2)10-8-15)21-22-19(13)20(25)23-24-12-11-14-5-3-4-6-17(14)24/h3-10,20,23,25H,11-12H2,1-2H3,(H,21,22). The molecular weight excluding hydrogens is 328 g/mol. The van der Waals surface area contributed by atoms with Gasteiger partial charge in [-0.05, 0) is 49.2 Å². The molecule has 0 amide bonds. The normalized spacial score (nSPS) is 14.3. The summed E-state index contributed by atoms with van der Waals surface area (Å²) >= 11 is 0. The van der Waals surface area contributed by atoms with Crippen molar-refractivity contribution in [2.45, 2.75) is 19.6 Å². The molecule has 6 nitrogen and oxygen atoms in total. The van der Waals surface area contributed by atoms with Gasteiger partial charge in [0.1, 0.15) is 5.75 Å². The Morgan fingerprint density at radius 1 is 1.19 bits per heavy atom. The van der Waals surface area contributed by atoms with E-state index in [1.165, 1.54) is 5.56 Å². The lowest BCUT2D eigenvalue weighted by Gasteiger charge is -2.24. The molecule has 134 valence electrons. The van der Waals surface area contributed by atoms with Gasteiger partial charge in [-0.3, -0.25) is 5.10 Å². The molecule has 1 aromatic heterocycles. The lowest BCUT2D eigenvalue weighted by atomic mass is 10.1. The number of aliphatic hydroxyl groups is 1. The molecule has 0 aliphatic carbocycles. The third-order valence-electron chi connectivity index (χ3n) is 4.85. The van der Waals surface area contributed by atoms with Crippen LogP contribution >= 0.6 is 0 Å². The number of aliphatic hydroxyl groups excluding tert-OH is 1.